The number of anilines is 1. The second-order valence-corrected chi connectivity index (χ2v) is 3.17. The van der Waals surface area contributed by atoms with Gasteiger partial charge in [0.2, 0.25) is 0 Å². The number of benzene rings is 2. The Hall–Kier alpha value is -1.57. The predicted octanol–water partition coefficient (Wildman–Crippen LogP) is 3.41. The molecule has 0 amide bonds. The summed E-state index contributed by atoms with van der Waals surface area (Å²) in [6.45, 7) is 2.87. The van der Waals surface area contributed by atoms with E-state index < -0.39 is 0 Å². The first-order valence-electron chi connectivity index (χ1n) is 4.74. The largest absolute Gasteiger partial charge is 0.385 e. The van der Waals surface area contributed by atoms with E-state index in [1.54, 1.807) is 12.1 Å². The Morgan fingerprint density at radius 2 is 1.79 bits per heavy atom. The van der Waals surface area contributed by atoms with E-state index in [4.69, 9.17) is 0 Å². The molecule has 2 aromatic rings. The molecule has 0 aliphatic heterocycles. The van der Waals surface area contributed by atoms with Crippen LogP contribution in [-0.4, -0.2) is 6.54 Å². The van der Waals surface area contributed by atoms with Crippen molar-refractivity contribution in [1.29, 1.82) is 0 Å². The third kappa shape index (κ3) is 1.43. The predicted molar refractivity (Wildman–Crippen MR) is 58.1 cm³/mol. The van der Waals surface area contributed by atoms with Crippen LogP contribution >= 0.6 is 0 Å². The topological polar surface area (TPSA) is 12.0 Å². The summed E-state index contributed by atoms with van der Waals surface area (Å²) in [5.74, 6) is -0.165. The summed E-state index contributed by atoms with van der Waals surface area (Å²) < 4.78 is 13.4. The Balaban J connectivity index is 2.68. The maximum atomic E-state index is 13.4. The fraction of sp³-hybridized carbons (Fsp3) is 0.167. The average Bonchev–Trinajstić information content (AvgIpc) is 2.23. The van der Waals surface area contributed by atoms with Gasteiger partial charge in [0.1, 0.15) is 5.82 Å². The molecule has 2 aromatic carbocycles. The van der Waals surface area contributed by atoms with E-state index >= 15 is 0 Å². The monoisotopic (exact) mass is 189 g/mol. The third-order valence-electron chi connectivity index (χ3n) is 2.24. The van der Waals surface area contributed by atoms with E-state index in [1.165, 1.54) is 6.07 Å². The molecule has 72 valence electrons. The normalized spacial score (nSPS) is 10.4. The van der Waals surface area contributed by atoms with Crippen molar-refractivity contribution < 1.29 is 4.39 Å². The second-order valence-electron chi connectivity index (χ2n) is 3.17. The van der Waals surface area contributed by atoms with Gasteiger partial charge < -0.3 is 5.32 Å². The SMILES string of the molecule is CCNc1ccc(F)c2ccccc12. The molecule has 0 saturated heterocycles. The summed E-state index contributed by atoms with van der Waals surface area (Å²) in [5, 5.41) is 4.82. The number of hydrogen-bond acceptors (Lipinski definition) is 1. The van der Waals surface area contributed by atoms with Crippen LogP contribution in [0.1, 0.15) is 6.92 Å². The van der Waals surface area contributed by atoms with Crippen molar-refractivity contribution in [1.82, 2.24) is 0 Å². The first kappa shape index (κ1) is 9.00. The quantitative estimate of drug-likeness (QED) is 0.763. The molecule has 0 radical (unpaired) electrons. The van der Waals surface area contributed by atoms with Crippen LogP contribution in [0.5, 0.6) is 0 Å². The molecule has 0 saturated carbocycles. The lowest BCUT2D eigenvalue weighted by atomic mass is 10.1. The van der Waals surface area contributed by atoms with Crippen molar-refractivity contribution in [3.8, 4) is 0 Å². The zero-order chi connectivity index (χ0) is 9.97. The summed E-state index contributed by atoms with van der Waals surface area (Å²) in [6, 6.07) is 10.8. The number of hydrogen-bond donors (Lipinski definition) is 1. The van der Waals surface area contributed by atoms with E-state index in [0.717, 1.165) is 17.6 Å². The van der Waals surface area contributed by atoms with Crippen LogP contribution in [0.2, 0.25) is 0 Å². The van der Waals surface area contributed by atoms with Gasteiger partial charge >= 0.3 is 0 Å². The number of halogens is 1. The summed E-state index contributed by atoms with van der Waals surface area (Å²) in [4.78, 5) is 0. The minimum Gasteiger partial charge on any atom is -0.385 e. The molecule has 0 bridgehead atoms. The molecule has 0 aliphatic carbocycles. The zero-order valence-corrected chi connectivity index (χ0v) is 8.05. The molecule has 1 nitrogen and oxygen atoms in total. The lowest BCUT2D eigenvalue weighted by Crippen LogP contribution is -1.97. The molecule has 14 heavy (non-hydrogen) atoms. The van der Waals surface area contributed by atoms with Gasteiger partial charge in [-0.15, -0.1) is 0 Å². The highest BCUT2D eigenvalue weighted by atomic mass is 19.1. The fourth-order valence-corrected chi connectivity index (χ4v) is 1.61. The van der Waals surface area contributed by atoms with E-state index in [0.29, 0.717) is 5.39 Å². The lowest BCUT2D eigenvalue weighted by Gasteiger charge is -2.07. The highest BCUT2D eigenvalue weighted by molar-refractivity contribution is 5.94. The molecule has 0 atom stereocenters. The molecule has 1 N–H and O–H groups in total. The van der Waals surface area contributed by atoms with Gasteiger partial charge in [-0.05, 0) is 19.1 Å². The van der Waals surface area contributed by atoms with Crippen molar-refractivity contribution in [3.63, 3.8) is 0 Å². The summed E-state index contributed by atoms with van der Waals surface area (Å²) in [5.41, 5.74) is 0.990. The van der Waals surface area contributed by atoms with Gasteiger partial charge in [-0.1, -0.05) is 24.3 Å². The molecule has 0 unspecified atom stereocenters. The zero-order valence-electron chi connectivity index (χ0n) is 8.05. The minimum atomic E-state index is -0.165. The van der Waals surface area contributed by atoms with Crippen molar-refractivity contribution in [2.75, 3.05) is 11.9 Å². The highest BCUT2D eigenvalue weighted by Gasteiger charge is 2.03. The molecule has 0 fully saturated rings. The van der Waals surface area contributed by atoms with E-state index in [9.17, 15) is 4.39 Å². The Morgan fingerprint density at radius 3 is 2.50 bits per heavy atom. The summed E-state index contributed by atoms with van der Waals surface area (Å²) in [6.07, 6.45) is 0. The van der Waals surface area contributed by atoms with Gasteiger partial charge in [0.05, 0.1) is 0 Å². The first-order valence-corrected chi connectivity index (χ1v) is 4.74. The third-order valence-corrected chi connectivity index (χ3v) is 2.24. The van der Waals surface area contributed by atoms with Gasteiger partial charge in [0, 0.05) is 23.0 Å². The Morgan fingerprint density at radius 1 is 1.07 bits per heavy atom. The minimum absolute atomic E-state index is 0.165. The van der Waals surface area contributed by atoms with Crippen LogP contribution in [0.4, 0.5) is 10.1 Å². The molecular weight excluding hydrogens is 177 g/mol. The van der Waals surface area contributed by atoms with Crippen molar-refractivity contribution in [2.45, 2.75) is 6.92 Å². The lowest BCUT2D eigenvalue weighted by molar-refractivity contribution is 0.640. The van der Waals surface area contributed by atoms with Crippen LogP contribution in [-0.2, 0) is 0 Å². The Bertz CT molecular complexity index is 451. The first-order chi connectivity index (χ1) is 6.83. The second kappa shape index (κ2) is 3.66. The van der Waals surface area contributed by atoms with Crippen LogP contribution in [0.3, 0.4) is 0 Å². The Kier molecular flexibility index (Phi) is 2.35. The molecule has 0 aliphatic rings. The molecular formula is C12H12FN. The van der Waals surface area contributed by atoms with Crippen molar-refractivity contribution >= 4 is 16.5 Å². The number of rotatable bonds is 2. The van der Waals surface area contributed by atoms with Gasteiger partial charge in [-0.3, -0.25) is 0 Å². The van der Waals surface area contributed by atoms with Crippen molar-refractivity contribution in [3.05, 3.63) is 42.2 Å². The van der Waals surface area contributed by atoms with Gasteiger partial charge in [-0.25, -0.2) is 4.39 Å². The van der Waals surface area contributed by atoms with Crippen LogP contribution in [0.25, 0.3) is 10.8 Å². The van der Waals surface area contributed by atoms with Gasteiger partial charge in [0.25, 0.3) is 0 Å². The summed E-state index contributed by atoms with van der Waals surface area (Å²) in [7, 11) is 0. The summed E-state index contributed by atoms with van der Waals surface area (Å²) >= 11 is 0. The number of nitrogens with one attached hydrogen (secondary N) is 1. The molecule has 0 spiro atoms. The van der Waals surface area contributed by atoms with E-state index in [1.807, 2.05) is 25.1 Å². The molecule has 2 heteroatoms. The van der Waals surface area contributed by atoms with E-state index in [2.05, 4.69) is 5.32 Å². The average molecular weight is 189 g/mol. The van der Waals surface area contributed by atoms with Crippen molar-refractivity contribution in [2.24, 2.45) is 0 Å². The fourth-order valence-electron chi connectivity index (χ4n) is 1.61. The van der Waals surface area contributed by atoms with Gasteiger partial charge in [-0.2, -0.15) is 0 Å². The number of fused-ring (bicyclic) bond motifs is 1. The standard InChI is InChI=1S/C12H12FN/c1-2-14-12-8-7-11(13)9-5-3-4-6-10(9)12/h3-8,14H,2H2,1H3. The van der Waals surface area contributed by atoms with Crippen LogP contribution in [0.15, 0.2) is 36.4 Å². The van der Waals surface area contributed by atoms with Gasteiger partial charge in [0.15, 0.2) is 0 Å². The Labute approximate surface area is 82.6 Å². The highest BCUT2D eigenvalue weighted by Crippen LogP contribution is 2.25. The van der Waals surface area contributed by atoms with Crippen LogP contribution < -0.4 is 5.32 Å². The maximum absolute atomic E-state index is 13.4. The van der Waals surface area contributed by atoms with Crippen LogP contribution in [0, 0.1) is 5.82 Å². The van der Waals surface area contributed by atoms with E-state index in [-0.39, 0.29) is 5.82 Å². The maximum Gasteiger partial charge on any atom is 0.131 e. The molecule has 2 rings (SSSR count). The smallest absolute Gasteiger partial charge is 0.131 e. The molecule has 0 heterocycles. The molecule has 0 aromatic heterocycles.